The second-order valence-corrected chi connectivity index (χ2v) is 4.06. The largest absolute Gasteiger partial charge is 0.378 e. The van der Waals surface area contributed by atoms with E-state index in [0.717, 1.165) is 45.1 Å². The van der Waals surface area contributed by atoms with E-state index >= 15 is 0 Å². The van der Waals surface area contributed by atoms with E-state index in [-0.39, 0.29) is 0 Å². The molecule has 0 radical (unpaired) electrons. The number of nitrogens with one attached hydrogen (secondary N) is 2. The number of hydrogen-bond acceptors (Lipinski definition) is 3. The highest BCUT2D eigenvalue weighted by Gasteiger charge is 2.25. The van der Waals surface area contributed by atoms with Gasteiger partial charge in [0.25, 0.3) is 0 Å². The maximum absolute atomic E-state index is 5.64. The van der Waals surface area contributed by atoms with E-state index in [1.807, 2.05) is 6.08 Å². The van der Waals surface area contributed by atoms with Gasteiger partial charge in [-0.1, -0.05) is 13.0 Å². The van der Waals surface area contributed by atoms with Gasteiger partial charge in [-0.05, 0) is 18.8 Å². The van der Waals surface area contributed by atoms with E-state index < -0.39 is 0 Å². The Kier molecular flexibility index (Phi) is 6.64. The highest BCUT2D eigenvalue weighted by molar-refractivity contribution is 4.77. The van der Waals surface area contributed by atoms with E-state index in [1.54, 1.807) is 0 Å². The fraction of sp³-hybridized carbons (Fsp3) is 0.833. The molecule has 1 rings (SSSR count). The molecule has 1 saturated heterocycles. The van der Waals surface area contributed by atoms with Crippen molar-refractivity contribution in [1.29, 1.82) is 0 Å². The van der Waals surface area contributed by atoms with Crippen LogP contribution < -0.4 is 10.6 Å². The summed E-state index contributed by atoms with van der Waals surface area (Å²) >= 11 is 0. The summed E-state index contributed by atoms with van der Waals surface area (Å²) in [5.74, 6) is 0.717. The zero-order valence-corrected chi connectivity index (χ0v) is 9.80. The van der Waals surface area contributed by atoms with Gasteiger partial charge < -0.3 is 15.4 Å². The van der Waals surface area contributed by atoms with Gasteiger partial charge in [0.05, 0.1) is 6.10 Å². The van der Waals surface area contributed by atoms with Gasteiger partial charge >= 0.3 is 0 Å². The predicted octanol–water partition coefficient (Wildman–Crippen LogP) is 1.17. The molecule has 88 valence electrons. The van der Waals surface area contributed by atoms with E-state index in [9.17, 15) is 0 Å². The van der Waals surface area contributed by atoms with Crippen LogP contribution in [0.2, 0.25) is 0 Å². The van der Waals surface area contributed by atoms with Crippen LogP contribution in [0.3, 0.4) is 0 Å². The molecule has 1 aliphatic heterocycles. The Balaban J connectivity index is 1.97. The minimum absolute atomic E-state index is 0.485. The minimum atomic E-state index is 0.485. The molecule has 0 aliphatic carbocycles. The summed E-state index contributed by atoms with van der Waals surface area (Å²) in [5.41, 5.74) is 0. The van der Waals surface area contributed by atoms with Crippen LogP contribution in [0.1, 0.15) is 19.8 Å². The third kappa shape index (κ3) is 4.78. The van der Waals surface area contributed by atoms with Crippen molar-refractivity contribution in [2.75, 3.05) is 32.8 Å². The van der Waals surface area contributed by atoms with Crippen LogP contribution in [-0.4, -0.2) is 38.9 Å². The third-order valence-corrected chi connectivity index (χ3v) is 2.92. The summed E-state index contributed by atoms with van der Waals surface area (Å²) in [6.07, 6.45) is 4.73. The van der Waals surface area contributed by atoms with Crippen LogP contribution in [-0.2, 0) is 4.74 Å². The maximum Gasteiger partial charge on any atom is 0.0613 e. The first kappa shape index (κ1) is 12.7. The molecule has 1 aliphatic rings. The van der Waals surface area contributed by atoms with Gasteiger partial charge in [0.15, 0.2) is 0 Å². The van der Waals surface area contributed by atoms with E-state index in [2.05, 4.69) is 24.1 Å². The van der Waals surface area contributed by atoms with Crippen LogP contribution >= 0.6 is 0 Å². The zero-order valence-electron chi connectivity index (χ0n) is 9.80. The molecule has 0 aromatic carbocycles. The molecule has 0 amide bonds. The first-order valence-electron chi connectivity index (χ1n) is 6.02. The second kappa shape index (κ2) is 7.85. The van der Waals surface area contributed by atoms with Gasteiger partial charge in [0.1, 0.15) is 0 Å². The number of ether oxygens (including phenoxy) is 1. The molecule has 15 heavy (non-hydrogen) atoms. The molecule has 0 spiro atoms. The topological polar surface area (TPSA) is 33.3 Å². The third-order valence-electron chi connectivity index (χ3n) is 2.92. The second-order valence-electron chi connectivity index (χ2n) is 4.06. The molecule has 0 bridgehead atoms. The molecule has 1 heterocycles. The monoisotopic (exact) mass is 212 g/mol. The Labute approximate surface area is 93.3 Å². The SMILES string of the molecule is C=CCNCCNCC1CCOC1CC. The average molecular weight is 212 g/mol. The highest BCUT2D eigenvalue weighted by atomic mass is 16.5. The van der Waals surface area contributed by atoms with Gasteiger partial charge in [-0.15, -0.1) is 6.58 Å². The summed E-state index contributed by atoms with van der Waals surface area (Å²) in [7, 11) is 0. The molecule has 0 aromatic rings. The number of rotatable bonds is 8. The van der Waals surface area contributed by atoms with Crippen molar-refractivity contribution in [1.82, 2.24) is 10.6 Å². The van der Waals surface area contributed by atoms with Gasteiger partial charge in [-0.3, -0.25) is 0 Å². The van der Waals surface area contributed by atoms with Gasteiger partial charge in [-0.25, -0.2) is 0 Å². The van der Waals surface area contributed by atoms with Crippen molar-refractivity contribution in [3.63, 3.8) is 0 Å². The fourth-order valence-electron chi connectivity index (χ4n) is 2.05. The molecule has 3 nitrogen and oxygen atoms in total. The molecule has 2 atom stereocenters. The minimum Gasteiger partial charge on any atom is -0.378 e. The lowest BCUT2D eigenvalue weighted by atomic mass is 10.00. The van der Waals surface area contributed by atoms with Crippen molar-refractivity contribution >= 4 is 0 Å². The molecular weight excluding hydrogens is 188 g/mol. The zero-order chi connectivity index (χ0) is 10.9. The Hall–Kier alpha value is -0.380. The first-order valence-corrected chi connectivity index (χ1v) is 6.02. The number of hydrogen-bond donors (Lipinski definition) is 2. The molecule has 1 fully saturated rings. The lowest BCUT2D eigenvalue weighted by molar-refractivity contribution is 0.0873. The summed E-state index contributed by atoms with van der Waals surface area (Å²) in [5, 5.41) is 6.75. The summed E-state index contributed by atoms with van der Waals surface area (Å²) < 4.78 is 5.64. The Morgan fingerprint density at radius 2 is 2.20 bits per heavy atom. The van der Waals surface area contributed by atoms with Crippen LogP contribution in [0, 0.1) is 5.92 Å². The van der Waals surface area contributed by atoms with Crippen molar-refractivity contribution in [3.05, 3.63) is 12.7 Å². The van der Waals surface area contributed by atoms with Gasteiger partial charge in [0.2, 0.25) is 0 Å². The van der Waals surface area contributed by atoms with Crippen LogP contribution in [0.25, 0.3) is 0 Å². The Morgan fingerprint density at radius 3 is 2.93 bits per heavy atom. The Morgan fingerprint density at radius 1 is 1.40 bits per heavy atom. The Bertz CT molecular complexity index is 173. The summed E-state index contributed by atoms with van der Waals surface area (Å²) in [6, 6.07) is 0. The lowest BCUT2D eigenvalue weighted by Crippen LogP contribution is -2.33. The smallest absolute Gasteiger partial charge is 0.0613 e. The molecule has 0 saturated carbocycles. The van der Waals surface area contributed by atoms with E-state index in [4.69, 9.17) is 4.74 Å². The quantitative estimate of drug-likeness (QED) is 0.468. The standard InChI is InChI=1S/C12H24N2O/c1-3-6-13-7-8-14-10-11-5-9-15-12(11)4-2/h3,11-14H,1,4-10H2,2H3. The van der Waals surface area contributed by atoms with Crippen LogP contribution in [0.5, 0.6) is 0 Å². The van der Waals surface area contributed by atoms with Gasteiger partial charge in [0, 0.05) is 32.8 Å². The predicted molar refractivity (Wildman–Crippen MR) is 64.1 cm³/mol. The average Bonchev–Trinajstić information content (AvgIpc) is 2.70. The lowest BCUT2D eigenvalue weighted by Gasteiger charge is -2.17. The molecule has 3 heteroatoms. The molecule has 2 unspecified atom stereocenters. The maximum atomic E-state index is 5.64. The van der Waals surface area contributed by atoms with Gasteiger partial charge in [-0.2, -0.15) is 0 Å². The van der Waals surface area contributed by atoms with E-state index in [1.165, 1.54) is 6.42 Å². The van der Waals surface area contributed by atoms with Crippen LogP contribution in [0.15, 0.2) is 12.7 Å². The van der Waals surface area contributed by atoms with E-state index in [0.29, 0.717) is 6.10 Å². The summed E-state index contributed by atoms with van der Waals surface area (Å²) in [6.45, 7) is 10.8. The van der Waals surface area contributed by atoms with Crippen molar-refractivity contribution < 1.29 is 4.74 Å². The molecule has 2 N–H and O–H groups in total. The first-order chi connectivity index (χ1) is 7.38. The fourth-order valence-corrected chi connectivity index (χ4v) is 2.05. The van der Waals surface area contributed by atoms with Crippen LogP contribution in [0.4, 0.5) is 0 Å². The normalized spacial score (nSPS) is 25.7. The molecular formula is C12H24N2O. The summed E-state index contributed by atoms with van der Waals surface area (Å²) in [4.78, 5) is 0. The highest BCUT2D eigenvalue weighted by Crippen LogP contribution is 2.22. The van der Waals surface area contributed by atoms with Crippen molar-refractivity contribution in [3.8, 4) is 0 Å². The van der Waals surface area contributed by atoms with Crippen molar-refractivity contribution in [2.24, 2.45) is 5.92 Å². The van der Waals surface area contributed by atoms with Crippen molar-refractivity contribution in [2.45, 2.75) is 25.9 Å². The molecule has 0 aromatic heterocycles.